The van der Waals surface area contributed by atoms with Gasteiger partial charge >= 0.3 is 0 Å². The molecule has 0 bridgehead atoms. The number of rotatable bonds is 2. The maximum Gasteiger partial charge on any atom is 0.222 e. The van der Waals surface area contributed by atoms with Crippen molar-refractivity contribution in [3.8, 4) is 17.0 Å². The summed E-state index contributed by atoms with van der Waals surface area (Å²) >= 11 is 6.19. The first-order valence-electron chi connectivity index (χ1n) is 4.68. The molecular weight excluding hydrogens is 228 g/mol. The van der Waals surface area contributed by atoms with Crippen LogP contribution in [0.1, 0.15) is 5.56 Å². The molecule has 0 amide bonds. The molecule has 0 fully saturated rings. The maximum atomic E-state index is 6.19. The van der Waals surface area contributed by atoms with Gasteiger partial charge in [0.05, 0.1) is 12.1 Å². The molecule has 1 heterocycles. The summed E-state index contributed by atoms with van der Waals surface area (Å²) < 4.78 is 9.99. The molecule has 2 aromatic rings. The molecule has 16 heavy (non-hydrogen) atoms. The molecule has 1 aromatic carbocycles. The Hall–Kier alpha value is -1.68. The van der Waals surface area contributed by atoms with Crippen LogP contribution in [0.4, 0.5) is 5.88 Å². The lowest BCUT2D eigenvalue weighted by Gasteiger charge is -2.07. The van der Waals surface area contributed by atoms with Gasteiger partial charge in [0.15, 0.2) is 0 Å². The zero-order valence-electron chi connectivity index (χ0n) is 8.95. The molecule has 0 saturated heterocycles. The average molecular weight is 239 g/mol. The van der Waals surface area contributed by atoms with Crippen molar-refractivity contribution in [3.63, 3.8) is 0 Å². The molecule has 0 spiro atoms. The fourth-order valence-corrected chi connectivity index (χ4v) is 1.66. The van der Waals surface area contributed by atoms with Crippen LogP contribution in [0.25, 0.3) is 11.3 Å². The molecule has 0 saturated carbocycles. The van der Waals surface area contributed by atoms with E-state index in [2.05, 4.69) is 5.16 Å². The number of nitrogen functional groups attached to an aromatic ring is 1. The second-order valence-corrected chi connectivity index (χ2v) is 3.80. The molecule has 0 aliphatic rings. The summed E-state index contributed by atoms with van der Waals surface area (Å²) in [6.45, 7) is 1.90. The molecule has 0 aliphatic heterocycles. The largest absolute Gasteiger partial charge is 0.497 e. The standard InChI is InChI=1S/C11H11ClN2O2/c1-6-3-7(15-2)4-8(11(6)12)9-5-10(13)16-14-9/h3-5H,13H2,1-2H3. The summed E-state index contributed by atoms with van der Waals surface area (Å²) in [4.78, 5) is 0. The lowest BCUT2D eigenvalue weighted by molar-refractivity contribution is 0.414. The van der Waals surface area contributed by atoms with Gasteiger partial charge in [0.2, 0.25) is 5.88 Å². The van der Waals surface area contributed by atoms with Crippen molar-refractivity contribution in [2.24, 2.45) is 0 Å². The SMILES string of the molecule is COc1cc(C)c(Cl)c(-c2cc(N)on2)c1. The van der Waals surface area contributed by atoms with Crippen LogP contribution in [0.3, 0.4) is 0 Å². The van der Waals surface area contributed by atoms with Gasteiger partial charge in [0, 0.05) is 11.6 Å². The molecule has 5 heteroatoms. The number of benzene rings is 1. The fourth-order valence-electron chi connectivity index (χ4n) is 1.46. The van der Waals surface area contributed by atoms with Crippen molar-refractivity contribution in [3.05, 3.63) is 28.8 Å². The number of hydrogen-bond acceptors (Lipinski definition) is 4. The van der Waals surface area contributed by atoms with Crippen LogP contribution >= 0.6 is 11.6 Å². The van der Waals surface area contributed by atoms with Crippen molar-refractivity contribution in [2.75, 3.05) is 12.8 Å². The Bertz CT molecular complexity index is 523. The number of nitrogens with two attached hydrogens (primary N) is 1. The Morgan fingerprint density at radius 1 is 1.38 bits per heavy atom. The van der Waals surface area contributed by atoms with Crippen LogP contribution in [0.2, 0.25) is 5.02 Å². The molecular formula is C11H11ClN2O2. The minimum absolute atomic E-state index is 0.256. The summed E-state index contributed by atoms with van der Waals surface area (Å²) in [5, 5.41) is 4.44. The highest BCUT2D eigenvalue weighted by Crippen LogP contribution is 2.34. The number of anilines is 1. The number of hydrogen-bond donors (Lipinski definition) is 1. The smallest absolute Gasteiger partial charge is 0.222 e. The summed E-state index contributed by atoms with van der Waals surface area (Å²) in [7, 11) is 1.60. The van der Waals surface area contributed by atoms with Gasteiger partial charge in [0.1, 0.15) is 11.4 Å². The third kappa shape index (κ3) is 1.84. The number of halogens is 1. The Morgan fingerprint density at radius 3 is 2.69 bits per heavy atom. The second kappa shape index (κ2) is 4.06. The van der Waals surface area contributed by atoms with Crippen LogP contribution in [0.5, 0.6) is 5.75 Å². The third-order valence-electron chi connectivity index (χ3n) is 2.27. The normalized spacial score (nSPS) is 10.4. The van der Waals surface area contributed by atoms with E-state index in [1.807, 2.05) is 13.0 Å². The molecule has 1 aromatic heterocycles. The van der Waals surface area contributed by atoms with Crippen LogP contribution < -0.4 is 10.5 Å². The number of ether oxygens (including phenoxy) is 1. The van der Waals surface area contributed by atoms with Gasteiger partial charge in [-0.05, 0) is 24.6 Å². The van der Waals surface area contributed by atoms with E-state index in [0.717, 1.165) is 16.9 Å². The summed E-state index contributed by atoms with van der Waals surface area (Å²) in [5.74, 6) is 0.977. The van der Waals surface area contributed by atoms with Crippen LogP contribution in [0, 0.1) is 6.92 Å². The van der Waals surface area contributed by atoms with Crippen molar-refractivity contribution in [2.45, 2.75) is 6.92 Å². The van der Waals surface area contributed by atoms with Crippen LogP contribution in [0.15, 0.2) is 22.7 Å². The van der Waals surface area contributed by atoms with Gasteiger partial charge in [-0.1, -0.05) is 16.8 Å². The topological polar surface area (TPSA) is 61.3 Å². The average Bonchev–Trinajstić information content (AvgIpc) is 2.68. The van der Waals surface area contributed by atoms with E-state index in [1.165, 1.54) is 0 Å². The molecule has 0 unspecified atom stereocenters. The summed E-state index contributed by atoms with van der Waals surface area (Å²) in [6.07, 6.45) is 0. The van der Waals surface area contributed by atoms with Crippen molar-refractivity contribution >= 4 is 17.5 Å². The molecule has 0 atom stereocenters. The second-order valence-electron chi connectivity index (χ2n) is 3.42. The Labute approximate surface area is 97.9 Å². The van der Waals surface area contributed by atoms with E-state index in [1.54, 1.807) is 19.2 Å². The summed E-state index contributed by atoms with van der Waals surface area (Å²) in [6, 6.07) is 5.28. The highest BCUT2D eigenvalue weighted by molar-refractivity contribution is 6.34. The lowest BCUT2D eigenvalue weighted by Crippen LogP contribution is -1.88. The molecule has 84 valence electrons. The first kappa shape index (κ1) is 10.8. The molecule has 2 rings (SSSR count). The molecule has 0 aliphatic carbocycles. The fraction of sp³-hybridized carbons (Fsp3) is 0.182. The lowest BCUT2D eigenvalue weighted by atomic mass is 10.1. The van der Waals surface area contributed by atoms with E-state index in [0.29, 0.717) is 10.7 Å². The summed E-state index contributed by atoms with van der Waals surface area (Å²) in [5.41, 5.74) is 7.74. The quantitative estimate of drug-likeness (QED) is 0.874. The number of methoxy groups -OCH3 is 1. The van der Waals surface area contributed by atoms with E-state index in [4.69, 9.17) is 26.6 Å². The number of aromatic nitrogens is 1. The van der Waals surface area contributed by atoms with Gasteiger partial charge < -0.3 is 15.0 Å². The van der Waals surface area contributed by atoms with Gasteiger partial charge in [-0.3, -0.25) is 0 Å². The van der Waals surface area contributed by atoms with E-state index in [-0.39, 0.29) is 5.88 Å². The highest BCUT2D eigenvalue weighted by atomic mass is 35.5. The molecule has 0 radical (unpaired) electrons. The van der Waals surface area contributed by atoms with Gasteiger partial charge in [-0.2, -0.15) is 0 Å². The predicted molar refractivity (Wildman–Crippen MR) is 62.7 cm³/mol. The zero-order valence-corrected chi connectivity index (χ0v) is 9.71. The number of nitrogens with zero attached hydrogens (tertiary/aromatic N) is 1. The Balaban J connectivity index is 2.59. The monoisotopic (exact) mass is 238 g/mol. The van der Waals surface area contributed by atoms with Crippen molar-refractivity contribution in [1.29, 1.82) is 0 Å². The van der Waals surface area contributed by atoms with Crippen molar-refractivity contribution in [1.82, 2.24) is 5.16 Å². The van der Waals surface area contributed by atoms with Gasteiger partial charge in [-0.25, -0.2) is 0 Å². The first-order valence-corrected chi connectivity index (χ1v) is 5.06. The molecule has 4 nitrogen and oxygen atoms in total. The molecule has 2 N–H and O–H groups in total. The zero-order chi connectivity index (χ0) is 11.7. The Kier molecular flexibility index (Phi) is 2.75. The van der Waals surface area contributed by atoms with Crippen LogP contribution in [-0.4, -0.2) is 12.3 Å². The predicted octanol–water partition coefficient (Wildman–Crippen LogP) is 2.89. The highest BCUT2D eigenvalue weighted by Gasteiger charge is 2.12. The Morgan fingerprint density at radius 2 is 2.12 bits per heavy atom. The van der Waals surface area contributed by atoms with E-state index < -0.39 is 0 Å². The maximum absolute atomic E-state index is 6.19. The van der Waals surface area contributed by atoms with E-state index >= 15 is 0 Å². The first-order chi connectivity index (χ1) is 7.61. The van der Waals surface area contributed by atoms with Gasteiger partial charge in [0.25, 0.3) is 0 Å². The number of aryl methyl sites for hydroxylation is 1. The van der Waals surface area contributed by atoms with E-state index in [9.17, 15) is 0 Å². The minimum Gasteiger partial charge on any atom is -0.497 e. The third-order valence-corrected chi connectivity index (χ3v) is 2.77. The van der Waals surface area contributed by atoms with Crippen LogP contribution in [-0.2, 0) is 0 Å². The minimum atomic E-state index is 0.256. The van der Waals surface area contributed by atoms with Gasteiger partial charge in [-0.15, -0.1) is 0 Å². The van der Waals surface area contributed by atoms with Crippen molar-refractivity contribution < 1.29 is 9.26 Å².